The van der Waals surface area contributed by atoms with Crippen molar-refractivity contribution in [2.24, 2.45) is 17.8 Å². The van der Waals surface area contributed by atoms with E-state index in [1.54, 1.807) is 6.08 Å². The third-order valence-electron chi connectivity index (χ3n) is 4.39. The normalized spacial score (nSPS) is 33.2. The summed E-state index contributed by atoms with van der Waals surface area (Å²) in [6.45, 7) is 0. The van der Waals surface area contributed by atoms with Gasteiger partial charge in [0.15, 0.2) is 0 Å². The molecule has 22 heavy (non-hydrogen) atoms. The predicted octanol–water partition coefficient (Wildman–Crippen LogP) is 1.63. The summed E-state index contributed by atoms with van der Waals surface area (Å²) in [7, 11) is 0. The van der Waals surface area contributed by atoms with E-state index in [4.69, 9.17) is 0 Å². The molecule has 3 aliphatic rings. The van der Waals surface area contributed by atoms with Crippen LogP contribution < -0.4 is 5.32 Å². The van der Waals surface area contributed by atoms with Crippen molar-refractivity contribution in [2.75, 3.05) is 0 Å². The van der Waals surface area contributed by atoms with Gasteiger partial charge in [0.25, 0.3) is 0 Å². The molecule has 2 aliphatic heterocycles. The second-order valence-corrected chi connectivity index (χ2v) is 5.68. The number of carbonyl (C=O) groups is 2. The van der Waals surface area contributed by atoms with Gasteiger partial charge in [0, 0.05) is 18.0 Å². The molecule has 5 nitrogen and oxygen atoms in total. The van der Waals surface area contributed by atoms with Gasteiger partial charge in [-0.05, 0) is 5.56 Å². The molecular formula is C17H17NO4. The van der Waals surface area contributed by atoms with E-state index in [9.17, 15) is 19.8 Å². The maximum Gasteiger partial charge on any atom is 0.309 e. The van der Waals surface area contributed by atoms with Crippen LogP contribution in [0.15, 0.2) is 48.6 Å². The van der Waals surface area contributed by atoms with Crippen LogP contribution in [0.3, 0.4) is 0 Å². The molecule has 0 amide bonds. The lowest BCUT2D eigenvalue weighted by atomic mass is 9.66. The van der Waals surface area contributed by atoms with Gasteiger partial charge in [-0.2, -0.15) is 0 Å². The molecule has 3 N–H and O–H groups in total. The summed E-state index contributed by atoms with van der Waals surface area (Å²) in [5.74, 6) is -4.30. The number of aliphatic carboxylic acids is 2. The molecule has 114 valence electrons. The van der Waals surface area contributed by atoms with Gasteiger partial charge in [-0.3, -0.25) is 9.59 Å². The van der Waals surface area contributed by atoms with Crippen molar-refractivity contribution < 1.29 is 19.8 Å². The van der Waals surface area contributed by atoms with E-state index in [0.29, 0.717) is 0 Å². The fourth-order valence-corrected chi connectivity index (χ4v) is 3.37. The summed E-state index contributed by atoms with van der Waals surface area (Å²) in [6.07, 6.45) is 7.46. The quantitative estimate of drug-likeness (QED) is 0.736. The maximum atomic E-state index is 11.5. The molecule has 2 bridgehead atoms. The summed E-state index contributed by atoms with van der Waals surface area (Å²) in [5, 5.41) is 22.0. The number of benzene rings is 1. The first-order valence-corrected chi connectivity index (χ1v) is 7.21. The van der Waals surface area contributed by atoms with Crippen LogP contribution >= 0.6 is 0 Å². The summed E-state index contributed by atoms with van der Waals surface area (Å²) in [6, 6.07) is 9.09. The fraction of sp³-hybridized carbons (Fsp3) is 0.294. The van der Waals surface area contributed by atoms with Crippen LogP contribution in [-0.4, -0.2) is 34.2 Å². The van der Waals surface area contributed by atoms with E-state index >= 15 is 0 Å². The molecule has 1 aromatic carbocycles. The molecule has 1 aromatic rings. The smallest absolute Gasteiger partial charge is 0.309 e. The zero-order chi connectivity index (χ0) is 15.7. The molecular weight excluding hydrogens is 282 g/mol. The third-order valence-corrected chi connectivity index (χ3v) is 4.39. The van der Waals surface area contributed by atoms with Crippen molar-refractivity contribution in [3.05, 3.63) is 54.1 Å². The van der Waals surface area contributed by atoms with Gasteiger partial charge in [-0.25, -0.2) is 0 Å². The molecule has 0 aromatic heterocycles. The molecule has 0 saturated carbocycles. The highest BCUT2D eigenvalue weighted by atomic mass is 16.4. The van der Waals surface area contributed by atoms with Crippen molar-refractivity contribution in [1.82, 2.24) is 5.32 Å². The summed E-state index contributed by atoms with van der Waals surface area (Å²) in [4.78, 5) is 22.9. The number of fused-ring (bicyclic) bond motifs is 2. The Morgan fingerprint density at radius 1 is 1.00 bits per heavy atom. The van der Waals surface area contributed by atoms with Gasteiger partial charge >= 0.3 is 11.9 Å². The molecule has 2 heterocycles. The number of carboxylic acid groups (broad SMARTS) is 2. The Hall–Kier alpha value is -2.40. The number of nitrogens with one attached hydrogen (secondary N) is 1. The Morgan fingerprint density at radius 3 is 2.32 bits per heavy atom. The van der Waals surface area contributed by atoms with Crippen LogP contribution in [-0.2, 0) is 9.59 Å². The van der Waals surface area contributed by atoms with E-state index in [2.05, 4.69) is 5.32 Å². The molecule has 0 spiro atoms. The molecule has 0 unspecified atom stereocenters. The average molecular weight is 299 g/mol. The Balaban J connectivity index is 1.85. The Labute approximate surface area is 128 Å². The first-order chi connectivity index (χ1) is 10.6. The van der Waals surface area contributed by atoms with Crippen molar-refractivity contribution in [2.45, 2.75) is 12.1 Å². The molecule has 1 saturated heterocycles. The van der Waals surface area contributed by atoms with Gasteiger partial charge in [0.05, 0.1) is 11.8 Å². The first kappa shape index (κ1) is 14.5. The van der Waals surface area contributed by atoms with Crippen molar-refractivity contribution >= 4 is 18.0 Å². The van der Waals surface area contributed by atoms with E-state index < -0.39 is 29.8 Å². The molecule has 4 rings (SSSR count). The lowest BCUT2D eigenvalue weighted by Gasteiger charge is -2.45. The van der Waals surface area contributed by atoms with Crippen molar-refractivity contribution in [3.8, 4) is 0 Å². The summed E-state index contributed by atoms with van der Waals surface area (Å²) in [5.41, 5.74) is 1.02. The van der Waals surface area contributed by atoms with Gasteiger partial charge < -0.3 is 15.5 Å². The second-order valence-electron chi connectivity index (χ2n) is 5.68. The highest BCUT2D eigenvalue weighted by Crippen LogP contribution is 2.38. The third kappa shape index (κ3) is 2.55. The van der Waals surface area contributed by atoms with Gasteiger partial charge in [0.2, 0.25) is 0 Å². The van der Waals surface area contributed by atoms with Crippen LogP contribution in [0, 0.1) is 17.8 Å². The SMILES string of the molecule is O=C(O)[C@@H]1[C@H]2C=C[C@@H](N[C@@H]2/C=C\c2ccccc2)[C@@H]1C(=O)O. The molecule has 1 fully saturated rings. The van der Waals surface area contributed by atoms with Crippen molar-refractivity contribution in [3.63, 3.8) is 0 Å². The van der Waals surface area contributed by atoms with E-state index in [1.807, 2.05) is 48.6 Å². The maximum absolute atomic E-state index is 11.5. The van der Waals surface area contributed by atoms with Crippen LogP contribution in [0.5, 0.6) is 0 Å². The zero-order valence-electron chi connectivity index (χ0n) is 11.8. The summed E-state index contributed by atoms with van der Waals surface area (Å²) >= 11 is 0. The van der Waals surface area contributed by atoms with Crippen LogP contribution in [0.25, 0.3) is 6.08 Å². The lowest BCUT2D eigenvalue weighted by molar-refractivity contribution is -0.159. The Kier molecular flexibility index (Phi) is 3.81. The Morgan fingerprint density at radius 2 is 1.68 bits per heavy atom. The fourth-order valence-electron chi connectivity index (χ4n) is 3.37. The van der Waals surface area contributed by atoms with Gasteiger partial charge in [-0.1, -0.05) is 54.6 Å². The lowest BCUT2D eigenvalue weighted by Crippen LogP contribution is -2.61. The molecule has 1 aliphatic carbocycles. The van der Waals surface area contributed by atoms with Crippen LogP contribution in [0.2, 0.25) is 0 Å². The minimum Gasteiger partial charge on any atom is -0.481 e. The zero-order valence-corrected chi connectivity index (χ0v) is 11.8. The average Bonchev–Trinajstić information content (AvgIpc) is 2.53. The van der Waals surface area contributed by atoms with Crippen molar-refractivity contribution in [1.29, 1.82) is 0 Å². The molecule has 5 heteroatoms. The monoisotopic (exact) mass is 299 g/mol. The highest BCUT2D eigenvalue weighted by molar-refractivity contribution is 5.82. The van der Waals surface area contributed by atoms with Crippen LogP contribution in [0.4, 0.5) is 0 Å². The number of hydrogen-bond acceptors (Lipinski definition) is 3. The van der Waals surface area contributed by atoms with Crippen LogP contribution in [0.1, 0.15) is 5.56 Å². The standard InChI is InChI=1S/C17H17NO4/c19-16(20)14-11-7-9-13(15(14)17(21)22)18-12(11)8-6-10-4-2-1-3-5-10/h1-9,11-15,18H,(H,19,20)(H,21,22)/b8-6-/t11-,12+,13+,14+,15-/m0/s1. The minimum atomic E-state index is -1.07. The number of carboxylic acids is 2. The second kappa shape index (κ2) is 5.77. The number of hydrogen-bond donors (Lipinski definition) is 3. The summed E-state index contributed by atoms with van der Waals surface area (Å²) < 4.78 is 0. The first-order valence-electron chi connectivity index (χ1n) is 7.21. The minimum absolute atomic E-state index is 0.174. The van der Waals surface area contributed by atoms with E-state index in [1.165, 1.54) is 0 Å². The molecule has 0 radical (unpaired) electrons. The topological polar surface area (TPSA) is 86.6 Å². The predicted molar refractivity (Wildman–Crippen MR) is 81.1 cm³/mol. The largest absolute Gasteiger partial charge is 0.481 e. The van der Waals surface area contributed by atoms with E-state index in [-0.39, 0.29) is 12.0 Å². The highest BCUT2D eigenvalue weighted by Gasteiger charge is 2.51. The molecule has 5 atom stereocenters. The van der Waals surface area contributed by atoms with Gasteiger partial charge in [0.1, 0.15) is 0 Å². The van der Waals surface area contributed by atoms with E-state index in [0.717, 1.165) is 5.56 Å². The number of rotatable bonds is 4. The Bertz CT molecular complexity index is 637. The van der Waals surface area contributed by atoms with Gasteiger partial charge in [-0.15, -0.1) is 0 Å². The number of piperidine rings is 1.